The van der Waals surface area contributed by atoms with E-state index in [9.17, 15) is 19.5 Å². The van der Waals surface area contributed by atoms with Gasteiger partial charge in [-0.2, -0.15) is 0 Å². The van der Waals surface area contributed by atoms with Crippen LogP contribution in [0.1, 0.15) is 40.0 Å². The molecule has 0 fully saturated rings. The minimum absolute atomic E-state index is 0.00460. The zero-order valence-corrected chi connectivity index (χ0v) is 12.3. The molecule has 0 aliphatic rings. The highest BCUT2D eigenvalue weighted by molar-refractivity contribution is 6.10. The Balaban J connectivity index is 5.27. The molecule has 0 aliphatic heterocycles. The molecule has 0 aromatic carbocycles. The molecule has 7 heteroatoms. The van der Waals surface area contributed by atoms with Crippen LogP contribution in [-0.2, 0) is 14.3 Å². The molecule has 0 rings (SSSR count). The molecule has 0 spiro atoms. The smallest absolute Gasteiger partial charge is 0.408 e. The number of hydrogen-bond donors (Lipinski definition) is 3. The maximum Gasteiger partial charge on any atom is 0.408 e. The molecule has 0 heterocycles. The summed E-state index contributed by atoms with van der Waals surface area (Å²) in [5, 5.41) is 11.7. The van der Waals surface area contributed by atoms with Gasteiger partial charge in [0, 0.05) is 5.92 Å². The summed E-state index contributed by atoms with van der Waals surface area (Å²) in [5.41, 5.74) is 3.43. The van der Waals surface area contributed by atoms with Crippen molar-refractivity contribution in [1.29, 1.82) is 0 Å². The SMILES string of the molecule is CCOC(=O)N[C@@](CCCCN)(C(=O)O)C(=O)C(C)C. The molecule has 0 aromatic heterocycles. The number of amides is 1. The van der Waals surface area contributed by atoms with Crippen LogP contribution in [0.3, 0.4) is 0 Å². The van der Waals surface area contributed by atoms with Crippen molar-refractivity contribution in [3.05, 3.63) is 0 Å². The van der Waals surface area contributed by atoms with Crippen molar-refractivity contribution in [3.63, 3.8) is 0 Å². The zero-order valence-electron chi connectivity index (χ0n) is 12.3. The van der Waals surface area contributed by atoms with Crippen LogP contribution < -0.4 is 11.1 Å². The first-order valence-corrected chi connectivity index (χ1v) is 6.74. The first-order chi connectivity index (χ1) is 9.31. The van der Waals surface area contributed by atoms with Gasteiger partial charge in [0.25, 0.3) is 0 Å². The number of carbonyl (C=O) groups excluding carboxylic acids is 2. The topological polar surface area (TPSA) is 119 Å². The number of ether oxygens (including phenoxy) is 1. The summed E-state index contributed by atoms with van der Waals surface area (Å²) < 4.78 is 4.69. The van der Waals surface area contributed by atoms with E-state index in [1.165, 1.54) is 0 Å². The Morgan fingerprint density at radius 2 is 1.90 bits per heavy atom. The second-order valence-corrected chi connectivity index (χ2v) is 4.82. The van der Waals surface area contributed by atoms with E-state index >= 15 is 0 Å². The van der Waals surface area contributed by atoms with Crippen LogP contribution in [-0.4, -0.2) is 41.6 Å². The van der Waals surface area contributed by atoms with E-state index in [0.29, 0.717) is 19.4 Å². The number of Topliss-reactive ketones (excluding diaryl/α,β-unsaturated/α-hetero) is 1. The molecule has 0 bridgehead atoms. The fraction of sp³-hybridized carbons (Fsp3) is 0.769. The lowest BCUT2D eigenvalue weighted by atomic mass is 9.83. The molecule has 4 N–H and O–H groups in total. The Kier molecular flexibility index (Phi) is 7.83. The number of unbranched alkanes of at least 4 members (excludes halogenated alkanes) is 1. The molecule has 0 radical (unpaired) electrons. The Labute approximate surface area is 118 Å². The van der Waals surface area contributed by atoms with E-state index < -0.39 is 29.3 Å². The molecule has 0 saturated carbocycles. The fourth-order valence-corrected chi connectivity index (χ4v) is 1.88. The summed E-state index contributed by atoms with van der Waals surface area (Å²) in [5.74, 6) is -2.44. The Bertz CT molecular complexity index is 357. The highest BCUT2D eigenvalue weighted by Crippen LogP contribution is 2.21. The highest BCUT2D eigenvalue weighted by Gasteiger charge is 2.48. The van der Waals surface area contributed by atoms with Crippen molar-refractivity contribution >= 4 is 17.8 Å². The van der Waals surface area contributed by atoms with Crippen molar-refractivity contribution in [2.45, 2.75) is 45.6 Å². The molecular weight excluding hydrogens is 264 g/mol. The van der Waals surface area contributed by atoms with Gasteiger partial charge < -0.3 is 15.6 Å². The van der Waals surface area contributed by atoms with Gasteiger partial charge in [0.05, 0.1) is 6.61 Å². The number of carbonyl (C=O) groups is 3. The predicted octanol–water partition coefficient (Wildman–Crippen LogP) is 0.910. The third-order valence-electron chi connectivity index (χ3n) is 2.91. The first kappa shape index (κ1) is 18.4. The van der Waals surface area contributed by atoms with Gasteiger partial charge in [-0.05, 0) is 32.7 Å². The van der Waals surface area contributed by atoms with E-state index in [0.717, 1.165) is 0 Å². The number of carboxylic acid groups (broad SMARTS) is 1. The van der Waals surface area contributed by atoms with E-state index in [-0.39, 0.29) is 13.0 Å². The van der Waals surface area contributed by atoms with Crippen LogP contribution in [0.5, 0.6) is 0 Å². The average molecular weight is 288 g/mol. The second-order valence-electron chi connectivity index (χ2n) is 4.82. The molecular formula is C13H24N2O5. The maximum atomic E-state index is 12.3. The van der Waals surface area contributed by atoms with Gasteiger partial charge in [0.15, 0.2) is 11.3 Å². The lowest BCUT2D eigenvalue weighted by molar-refractivity contribution is -0.151. The highest BCUT2D eigenvalue weighted by atomic mass is 16.5. The molecule has 20 heavy (non-hydrogen) atoms. The molecule has 7 nitrogen and oxygen atoms in total. The van der Waals surface area contributed by atoms with Crippen LogP contribution in [0.15, 0.2) is 0 Å². The summed E-state index contributed by atoms with van der Waals surface area (Å²) in [6.07, 6.45) is 0.0881. The molecule has 1 amide bonds. The van der Waals surface area contributed by atoms with E-state index in [1.807, 2.05) is 0 Å². The van der Waals surface area contributed by atoms with Crippen LogP contribution in [0.2, 0.25) is 0 Å². The lowest BCUT2D eigenvalue weighted by Crippen LogP contribution is -2.61. The Morgan fingerprint density at radius 1 is 1.30 bits per heavy atom. The van der Waals surface area contributed by atoms with Crippen LogP contribution >= 0.6 is 0 Å². The first-order valence-electron chi connectivity index (χ1n) is 6.74. The predicted molar refractivity (Wildman–Crippen MR) is 73.3 cm³/mol. The summed E-state index contributed by atoms with van der Waals surface area (Å²) in [4.78, 5) is 35.4. The van der Waals surface area contributed by atoms with Crippen molar-refractivity contribution < 1.29 is 24.2 Å². The summed E-state index contributed by atoms with van der Waals surface area (Å²) in [6, 6.07) is 0. The van der Waals surface area contributed by atoms with Crippen LogP contribution in [0, 0.1) is 5.92 Å². The number of rotatable bonds is 9. The maximum absolute atomic E-state index is 12.3. The molecule has 0 saturated heterocycles. The normalized spacial score (nSPS) is 13.7. The van der Waals surface area contributed by atoms with E-state index in [2.05, 4.69) is 5.32 Å². The number of hydrogen-bond acceptors (Lipinski definition) is 5. The molecule has 116 valence electrons. The largest absolute Gasteiger partial charge is 0.479 e. The lowest BCUT2D eigenvalue weighted by Gasteiger charge is -2.30. The number of nitrogens with two attached hydrogens (primary N) is 1. The van der Waals surface area contributed by atoms with Crippen molar-refractivity contribution in [2.24, 2.45) is 11.7 Å². The number of aliphatic carboxylic acids is 1. The van der Waals surface area contributed by atoms with E-state index in [4.69, 9.17) is 10.5 Å². The van der Waals surface area contributed by atoms with Gasteiger partial charge >= 0.3 is 12.1 Å². The van der Waals surface area contributed by atoms with Crippen molar-refractivity contribution in [3.8, 4) is 0 Å². The van der Waals surface area contributed by atoms with Gasteiger partial charge in [-0.15, -0.1) is 0 Å². The van der Waals surface area contributed by atoms with Crippen LogP contribution in [0.4, 0.5) is 4.79 Å². The molecule has 0 unspecified atom stereocenters. The summed E-state index contributed by atoms with van der Waals surface area (Å²) in [6.45, 7) is 5.28. The minimum atomic E-state index is -1.95. The quantitative estimate of drug-likeness (QED) is 0.428. The van der Waals surface area contributed by atoms with Gasteiger partial charge in [-0.3, -0.25) is 10.1 Å². The van der Waals surface area contributed by atoms with Gasteiger partial charge in [-0.1, -0.05) is 13.8 Å². The number of alkyl carbamates (subject to hydrolysis) is 1. The molecule has 0 aromatic rings. The Morgan fingerprint density at radius 3 is 2.30 bits per heavy atom. The van der Waals surface area contributed by atoms with Gasteiger partial charge in [-0.25, -0.2) is 9.59 Å². The zero-order chi connectivity index (χ0) is 15.8. The average Bonchev–Trinajstić information content (AvgIpc) is 2.36. The third-order valence-corrected chi connectivity index (χ3v) is 2.91. The van der Waals surface area contributed by atoms with Crippen molar-refractivity contribution in [1.82, 2.24) is 5.32 Å². The summed E-state index contributed by atoms with van der Waals surface area (Å²) >= 11 is 0. The van der Waals surface area contributed by atoms with Crippen LogP contribution in [0.25, 0.3) is 0 Å². The second kappa shape index (κ2) is 8.52. The van der Waals surface area contributed by atoms with Crippen molar-refractivity contribution in [2.75, 3.05) is 13.2 Å². The van der Waals surface area contributed by atoms with Gasteiger partial charge in [0.2, 0.25) is 0 Å². The monoisotopic (exact) mass is 288 g/mol. The fourth-order valence-electron chi connectivity index (χ4n) is 1.88. The van der Waals surface area contributed by atoms with Gasteiger partial charge in [0.1, 0.15) is 0 Å². The minimum Gasteiger partial charge on any atom is -0.479 e. The number of nitrogens with one attached hydrogen (secondary N) is 1. The summed E-state index contributed by atoms with van der Waals surface area (Å²) in [7, 11) is 0. The molecule has 0 aliphatic carbocycles. The third kappa shape index (κ3) is 4.80. The standard InChI is InChI=1S/C13H24N2O5/c1-4-20-12(19)15-13(11(17)18,7-5-6-8-14)10(16)9(2)3/h9H,4-8,14H2,1-3H3,(H,15,19)(H,17,18)/t13-/m1/s1. The number of carboxylic acids is 1. The van der Waals surface area contributed by atoms with E-state index in [1.54, 1.807) is 20.8 Å². The Hall–Kier alpha value is -1.63. The molecule has 1 atom stereocenters. The number of ketones is 1.